The summed E-state index contributed by atoms with van der Waals surface area (Å²) in [7, 11) is 0. The molecule has 0 spiro atoms. The fourth-order valence-corrected chi connectivity index (χ4v) is 3.96. The highest BCUT2D eigenvalue weighted by atomic mass is 32.1. The average molecular weight is 397 g/mol. The highest BCUT2D eigenvalue weighted by Crippen LogP contribution is 2.33. The van der Waals surface area contributed by atoms with E-state index in [1.807, 2.05) is 0 Å². The maximum atomic E-state index is 12.9. The van der Waals surface area contributed by atoms with Gasteiger partial charge in [-0.25, -0.2) is 4.98 Å². The van der Waals surface area contributed by atoms with E-state index in [4.69, 9.17) is 0 Å². The van der Waals surface area contributed by atoms with Crippen LogP contribution in [0.3, 0.4) is 0 Å². The molecule has 1 N–H and O–H groups in total. The maximum absolute atomic E-state index is 12.9. The minimum absolute atomic E-state index is 0.242. The van der Waals surface area contributed by atoms with Crippen LogP contribution in [0.25, 0.3) is 10.6 Å². The van der Waals surface area contributed by atoms with Crippen LogP contribution in [0.2, 0.25) is 0 Å². The number of alkyl halides is 3. The molecule has 1 aromatic heterocycles. The van der Waals surface area contributed by atoms with E-state index in [1.165, 1.54) is 17.4 Å². The summed E-state index contributed by atoms with van der Waals surface area (Å²) in [6.07, 6.45) is -3.36. The van der Waals surface area contributed by atoms with Gasteiger partial charge in [-0.05, 0) is 44.9 Å². The summed E-state index contributed by atoms with van der Waals surface area (Å²) in [5.41, 5.74) is -0.125. The van der Waals surface area contributed by atoms with E-state index in [-0.39, 0.29) is 11.6 Å². The summed E-state index contributed by atoms with van der Waals surface area (Å²) in [6, 6.07) is 5.49. The number of aromatic nitrogens is 1. The molecule has 1 aliphatic heterocycles. The van der Waals surface area contributed by atoms with Crippen LogP contribution in [0.4, 0.5) is 13.2 Å². The highest BCUT2D eigenvalue weighted by molar-refractivity contribution is 7.13. The standard InChI is InChI=1S/C19H22F3N3OS/c1-12(2)25-7-6-13(10-25)9-23-17(26)16-11-27-18(24-16)14-4-3-5-15(8-14)19(20,21)22/h3-5,8,11-13H,6-7,9-10H2,1-2H3,(H,23,26). The normalized spacial score (nSPS) is 18.2. The predicted octanol–water partition coefficient (Wildman–Crippen LogP) is 4.29. The quantitative estimate of drug-likeness (QED) is 0.819. The number of halogens is 3. The Morgan fingerprint density at radius 3 is 2.85 bits per heavy atom. The summed E-state index contributed by atoms with van der Waals surface area (Å²) in [5, 5.41) is 4.88. The summed E-state index contributed by atoms with van der Waals surface area (Å²) in [6.45, 7) is 6.90. The van der Waals surface area contributed by atoms with Crippen LogP contribution in [-0.2, 0) is 6.18 Å². The number of nitrogens with one attached hydrogen (secondary N) is 1. The molecule has 3 rings (SSSR count). The number of hydrogen-bond donors (Lipinski definition) is 1. The third-order valence-electron chi connectivity index (χ3n) is 4.77. The van der Waals surface area contributed by atoms with Crippen molar-refractivity contribution in [2.45, 2.75) is 32.5 Å². The van der Waals surface area contributed by atoms with Crippen molar-refractivity contribution in [3.63, 3.8) is 0 Å². The lowest BCUT2D eigenvalue weighted by Gasteiger charge is -2.20. The summed E-state index contributed by atoms with van der Waals surface area (Å²) >= 11 is 1.17. The molecule has 0 aliphatic carbocycles. The summed E-state index contributed by atoms with van der Waals surface area (Å²) in [5.74, 6) is 0.130. The van der Waals surface area contributed by atoms with Gasteiger partial charge in [0.25, 0.3) is 5.91 Å². The molecule has 1 aromatic carbocycles. The maximum Gasteiger partial charge on any atom is 0.416 e. The van der Waals surface area contributed by atoms with E-state index in [2.05, 4.69) is 29.0 Å². The van der Waals surface area contributed by atoms with Gasteiger partial charge in [0, 0.05) is 30.1 Å². The SMILES string of the molecule is CC(C)N1CCC(CNC(=O)c2csc(-c3cccc(C(F)(F)F)c3)n2)C1. The number of amides is 1. The Morgan fingerprint density at radius 2 is 2.19 bits per heavy atom. The Balaban J connectivity index is 1.61. The number of carbonyl (C=O) groups is 1. The molecule has 0 saturated carbocycles. The van der Waals surface area contributed by atoms with E-state index in [9.17, 15) is 18.0 Å². The molecule has 1 fully saturated rings. The molecule has 1 aliphatic rings. The number of rotatable bonds is 5. The third kappa shape index (κ3) is 4.87. The van der Waals surface area contributed by atoms with Crippen molar-refractivity contribution in [1.82, 2.24) is 15.2 Å². The zero-order valence-electron chi connectivity index (χ0n) is 15.2. The number of likely N-dealkylation sites (tertiary alicyclic amines) is 1. The van der Waals surface area contributed by atoms with Crippen molar-refractivity contribution in [3.8, 4) is 10.6 Å². The Bertz CT molecular complexity index is 803. The fourth-order valence-electron chi connectivity index (χ4n) is 3.17. The Kier molecular flexibility index (Phi) is 5.86. The van der Waals surface area contributed by atoms with Crippen molar-refractivity contribution in [3.05, 3.63) is 40.9 Å². The molecule has 0 radical (unpaired) electrons. The summed E-state index contributed by atoms with van der Waals surface area (Å²) in [4.78, 5) is 18.9. The van der Waals surface area contributed by atoms with Crippen LogP contribution in [0.15, 0.2) is 29.6 Å². The number of nitrogens with zero attached hydrogens (tertiary/aromatic N) is 2. The Hall–Kier alpha value is -1.93. The van der Waals surface area contributed by atoms with Gasteiger partial charge in [0.1, 0.15) is 10.7 Å². The topological polar surface area (TPSA) is 45.2 Å². The Labute approximate surface area is 160 Å². The van der Waals surface area contributed by atoms with Gasteiger partial charge in [-0.15, -0.1) is 11.3 Å². The molecule has 2 aromatic rings. The first-order chi connectivity index (χ1) is 12.7. The lowest BCUT2D eigenvalue weighted by Crippen LogP contribution is -2.33. The molecule has 146 valence electrons. The zero-order chi connectivity index (χ0) is 19.6. The van der Waals surface area contributed by atoms with Gasteiger partial charge in [0.2, 0.25) is 0 Å². The molecule has 0 bridgehead atoms. The lowest BCUT2D eigenvalue weighted by molar-refractivity contribution is -0.137. The second kappa shape index (κ2) is 7.98. The minimum Gasteiger partial charge on any atom is -0.350 e. The van der Waals surface area contributed by atoms with Crippen molar-refractivity contribution >= 4 is 17.2 Å². The third-order valence-corrected chi connectivity index (χ3v) is 5.66. The second-order valence-corrected chi connectivity index (χ2v) is 7.93. The first kappa shape index (κ1) is 19.8. The molecule has 1 atom stereocenters. The minimum atomic E-state index is -4.40. The van der Waals surface area contributed by atoms with Gasteiger partial charge in [-0.3, -0.25) is 4.79 Å². The zero-order valence-corrected chi connectivity index (χ0v) is 16.0. The molecule has 1 unspecified atom stereocenters. The lowest BCUT2D eigenvalue weighted by atomic mass is 10.1. The van der Waals surface area contributed by atoms with Crippen molar-refractivity contribution < 1.29 is 18.0 Å². The molecular weight excluding hydrogens is 375 g/mol. The fraction of sp³-hybridized carbons (Fsp3) is 0.474. The van der Waals surface area contributed by atoms with Gasteiger partial charge in [0.05, 0.1) is 5.56 Å². The van der Waals surface area contributed by atoms with E-state index < -0.39 is 11.7 Å². The van der Waals surface area contributed by atoms with E-state index in [0.29, 0.717) is 29.1 Å². The molecule has 27 heavy (non-hydrogen) atoms. The Morgan fingerprint density at radius 1 is 1.41 bits per heavy atom. The number of hydrogen-bond acceptors (Lipinski definition) is 4. The van der Waals surface area contributed by atoms with Crippen LogP contribution in [-0.4, -0.2) is 41.5 Å². The van der Waals surface area contributed by atoms with Crippen LogP contribution in [0, 0.1) is 5.92 Å². The second-order valence-electron chi connectivity index (χ2n) is 7.07. The first-order valence-electron chi connectivity index (χ1n) is 8.89. The molecular formula is C19H22F3N3OS. The average Bonchev–Trinajstić information content (AvgIpc) is 3.29. The van der Waals surface area contributed by atoms with Gasteiger partial charge in [0.15, 0.2) is 0 Å². The van der Waals surface area contributed by atoms with E-state index in [0.717, 1.165) is 31.6 Å². The van der Waals surface area contributed by atoms with Gasteiger partial charge < -0.3 is 10.2 Å². The molecule has 8 heteroatoms. The van der Waals surface area contributed by atoms with Crippen LogP contribution in [0.5, 0.6) is 0 Å². The van der Waals surface area contributed by atoms with E-state index >= 15 is 0 Å². The number of thiazole rings is 1. The van der Waals surface area contributed by atoms with Gasteiger partial charge in [-0.2, -0.15) is 13.2 Å². The largest absolute Gasteiger partial charge is 0.416 e. The van der Waals surface area contributed by atoms with Crippen LogP contribution in [0.1, 0.15) is 36.3 Å². The first-order valence-corrected chi connectivity index (χ1v) is 9.77. The van der Waals surface area contributed by atoms with E-state index in [1.54, 1.807) is 11.4 Å². The number of carbonyl (C=O) groups excluding carboxylic acids is 1. The number of benzene rings is 1. The van der Waals surface area contributed by atoms with Crippen LogP contribution >= 0.6 is 11.3 Å². The monoisotopic (exact) mass is 397 g/mol. The van der Waals surface area contributed by atoms with Gasteiger partial charge >= 0.3 is 6.18 Å². The van der Waals surface area contributed by atoms with Crippen LogP contribution < -0.4 is 5.32 Å². The van der Waals surface area contributed by atoms with Crippen molar-refractivity contribution in [2.75, 3.05) is 19.6 Å². The molecule has 4 nitrogen and oxygen atoms in total. The van der Waals surface area contributed by atoms with Crippen molar-refractivity contribution in [1.29, 1.82) is 0 Å². The van der Waals surface area contributed by atoms with Gasteiger partial charge in [-0.1, -0.05) is 12.1 Å². The molecule has 2 heterocycles. The smallest absolute Gasteiger partial charge is 0.350 e. The highest BCUT2D eigenvalue weighted by Gasteiger charge is 2.30. The molecule has 1 saturated heterocycles. The predicted molar refractivity (Wildman–Crippen MR) is 99.7 cm³/mol. The van der Waals surface area contributed by atoms with Crippen molar-refractivity contribution in [2.24, 2.45) is 5.92 Å². The summed E-state index contributed by atoms with van der Waals surface area (Å²) < 4.78 is 38.6. The molecule has 1 amide bonds.